The molecule has 1 nitrogen and oxygen atoms in total. The molecule has 0 heterocycles. The summed E-state index contributed by atoms with van der Waals surface area (Å²) < 4.78 is 38.2. The normalized spacial score (nSPS) is 12.2. The van der Waals surface area contributed by atoms with Gasteiger partial charge in [-0.25, -0.2) is 0 Å². The van der Waals surface area contributed by atoms with Crippen LogP contribution in [-0.4, -0.2) is 0 Å². The molecule has 0 atom stereocenters. The van der Waals surface area contributed by atoms with Crippen molar-refractivity contribution in [2.75, 3.05) is 4.90 Å². The van der Waals surface area contributed by atoms with Crippen molar-refractivity contribution in [2.45, 2.75) is 0 Å². The van der Waals surface area contributed by atoms with Gasteiger partial charge in [0.15, 0.2) is 0 Å². The molecule has 1 heteroatoms. The minimum absolute atomic E-state index is 0.100. The maximum atomic E-state index is 9.62. The fourth-order valence-electron chi connectivity index (χ4n) is 8.65. The lowest BCUT2D eigenvalue weighted by Gasteiger charge is -2.26. The molecule has 0 aromatic heterocycles. The molecule has 0 unspecified atom stereocenters. The summed E-state index contributed by atoms with van der Waals surface area (Å²) in [6, 6.07) is 76.3. The third-order valence-corrected chi connectivity index (χ3v) is 11.7. The van der Waals surface area contributed by atoms with Crippen LogP contribution in [0.2, 0.25) is 0 Å². The number of fused-ring (bicyclic) bond motifs is 3. The van der Waals surface area contributed by atoms with Gasteiger partial charge in [0.05, 0.1) is 5.48 Å². The first kappa shape index (κ1) is 31.9. The van der Waals surface area contributed by atoms with Crippen LogP contribution in [0.5, 0.6) is 0 Å². The fourth-order valence-corrected chi connectivity index (χ4v) is 8.65. The number of hydrogen-bond acceptors (Lipinski definition) is 1. The molecule has 0 bridgehead atoms. The number of anilines is 3. The van der Waals surface area contributed by atoms with Crippen molar-refractivity contribution in [3.05, 3.63) is 249 Å². The van der Waals surface area contributed by atoms with Gasteiger partial charge < -0.3 is 4.90 Å². The molecular formula is C60H41N. The van der Waals surface area contributed by atoms with Crippen molar-refractivity contribution in [2.24, 2.45) is 0 Å². The average Bonchev–Trinajstić information content (AvgIpc) is 3.37. The molecule has 0 fully saturated rings. The predicted molar refractivity (Wildman–Crippen MR) is 261 cm³/mol. The van der Waals surface area contributed by atoms with Crippen molar-refractivity contribution in [1.29, 1.82) is 0 Å². The van der Waals surface area contributed by atoms with E-state index >= 15 is 0 Å². The summed E-state index contributed by atoms with van der Waals surface area (Å²) in [5, 5.41) is 6.96. The van der Waals surface area contributed by atoms with Gasteiger partial charge in [-0.3, -0.25) is 0 Å². The van der Waals surface area contributed by atoms with Crippen molar-refractivity contribution >= 4 is 49.4 Å². The van der Waals surface area contributed by atoms with Crippen LogP contribution in [0, 0.1) is 0 Å². The van der Waals surface area contributed by atoms with Gasteiger partial charge in [0.25, 0.3) is 0 Å². The number of rotatable bonds is 8. The summed E-state index contributed by atoms with van der Waals surface area (Å²) in [5.41, 5.74) is 11.1. The molecule has 0 saturated carbocycles. The number of nitrogens with zero attached hydrogens (tertiary/aromatic N) is 1. The Morgan fingerprint density at radius 3 is 1.48 bits per heavy atom. The van der Waals surface area contributed by atoms with Gasteiger partial charge in [-0.05, 0) is 130 Å². The molecule has 11 aromatic rings. The molecule has 0 aliphatic rings. The summed E-state index contributed by atoms with van der Waals surface area (Å²) in [6.45, 7) is 0. The van der Waals surface area contributed by atoms with Crippen LogP contribution in [0.3, 0.4) is 0 Å². The van der Waals surface area contributed by atoms with Gasteiger partial charge in [-0.2, -0.15) is 0 Å². The second-order valence-corrected chi connectivity index (χ2v) is 15.4. The topological polar surface area (TPSA) is 3.24 Å². The highest BCUT2D eigenvalue weighted by Gasteiger charge is 2.16. The highest BCUT2D eigenvalue weighted by atomic mass is 15.1. The Bertz CT molecular complexity index is 3530. The minimum Gasteiger partial charge on any atom is -0.311 e. The zero-order chi connectivity index (χ0) is 44.0. The molecule has 0 radical (unpaired) electrons. The molecule has 61 heavy (non-hydrogen) atoms. The van der Waals surface area contributed by atoms with Gasteiger partial charge in [-0.15, -0.1) is 0 Å². The Morgan fingerprint density at radius 2 is 0.754 bits per heavy atom. The molecule has 286 valence electrons. The summed E-state index contributed by atoms with van der Waals surface area (Å²) >= 11 is 0. The lowest BCUT2D eigenvalue weighted by molar-refractivity contribution is 1.28. The van der Waals surface area contributed by atoms with Crippen LogP contribution in [0.25, 0.3) is 88.0 Å². The summed E-state index contributed by atoms with van der Waals surface area (Å²) in [5.74, 6) is 0. The maximum Gasteiger partial charge on any atom is 0.0645 e. The molecule has 0 spiro atoms. The molecular weight excluding hydrogens is 735 g/mol. The summed E-state index contributed by atoms with van der Waals surface area (Å²) in [7, 11) is 0. The second kappa shape index (κ2) is 15.6. The smallest absolute Gasteiger partial charge is 0.0645 e. The van der Waals surface area contributed by atoms with E-state index in [2.05, 4.69) is 146 Å². The van der Waals surface area contributed by atoms with Gasteiger partial charge in [0.2, 0.25) is 0 Å². The third kappa shape index (κ3) is 6.93. The first-order valence-electron chi connectivity index (χ1n) is 22.7. The number of benzene rings is 11. The van der Waals surface area contributed by atoms with Crippen LogP contribution in [-0.2, 0) is 0 Å². The van der Waals surface area contributed by atoms with Gasteiger partial charge in [-0.1, -0.05) is 206 Å². The second-order valence-electron chi connectivity index (χ2n) is 15.4. The monoisotopic (exact) mass is 779 g/mol. The Labute approximate surface area is 362 Å². The van der Waals surface area contributed by atoms with Crippen LogP contribution >= 0.6 is 0 Å². The van der Waals surface area contributed by atoms with E-state index in [1.807, 2.05) is 83.8 Å². The van der Waals surface area contributed by atoms with E-state index in [0.29, 0.717) is 16.9 Å². The molecule has 0 saturated heterocycles. The van der Waals surface area contributed by atoms with E-state index in [-0.39, 0.29) is 35.4 Å². The van der Waals surface area contributed by atoms with Crippen molar-refractivity contribution < 1.29 is 5.48 Å². The first-order chi connectivity index (χ1) is 31.9. The molecule has 0 amide bonds. The first-order valence-corrected chi connectivity index (χ1v) is 20.7. The van der Waals surface area contributed by atoms with Crippen molar-refractivity contribution in [3.8, 4) is 55.6 Å². The van der Waals surface area contributed by atoms with Crippen molar-refractivity contribution in [3.63, 3.8) is 0 Å². The highest BCUT2D eigenvalue weighted by Crippen LogP contribution is 2.42. The lowest BCUT2D eigenvalue weighted by atomic mass is 9.90. The van der Waals surface area contributed by atoms with Crippen molar-refractivity contribution in [1.82, 2.24) is 0 Å². The standard InChI is InChI=1S/C60H41N/c1-2-14-50(15-3-1)60-58-19-9-7-13-47(58)33-40-59(60)49-31-38-55(39-32-49)61(54-36-29-45(30-37-54)52-26-23-42-11-4-5-16-51(42)41-52)53-34-27-44(28-35-53)43-21-24-48(25-22-43)57-20-10-17-46-12-6-8-18-56(46)57/h1-41H/i27D,28D,34D,35D. The summed E-state index contributed by atoms with van der Waals surface area (Å²) in [4.78, 5) is 1.86. The molecule has 0 aliphatic carbocycles. The van der Waals surface area contributed by atoms with E-state index in [4.69, 9.17) is 0 Å². The van der Waals surface area contributed by atoms with E-state index in [1.165, 1.54) is 10.8 Å². The van der Waals surface area contributed by atoms with Gasteiger partial charge in [0.1, 0.15) is 0 Å². The lowest BCUT2D eigenvalue weighted by Crippen LogP contribution is -2.09. The molecule has 0 N–H and O–H groups in total. The molecule has 0 aliphatic heterocycles. The molecule has 11 rings (SSSR count). The van der Waals surface area contributed by atoms with Crippen LogP contribution in [0.15, 0.2) is 249 Å². The molecule has 11 aromatic carbocycles. The average molecular weight is 780 g/mol. The third-order valence-electron chi connectivity index (χ3n) is 11.7. The predicted octanol–water partition coefficient (Wildman–Crippen LogP) is 17.0. The minimum atomic E-state index is -0.122. The number of hydrogen-bond donors (Lipinski definition) is 0. The fraction of sp³-hybridized carbons (Fsp3) is 0. The van der Waals surface area contributed by atoms with E-state index in [9.17, 15) is 5.48 Å². The van der Waals surface area contributed by atoms with Gasteiger partial charge in [0, 0.05) is 17.1 Å². The SMILES string of the molecule is [2H]c1c([2H])c(N(c2ccc(-c3ccc4ccccc4c3)cc2)c2ccc(-c3ccc4ccccc4c3-c3ccccc3)cc2)c([2H])c([2H])c1-c1ccc(-c2cccc3ccccc23)cc1. The van der Waals surface area contributed by atoms with E-state index < -0.39 is 0 Å². The van der Waals surface area contributed by atoms with Crippen LogP contribution in [0.1, 0.15) is 5.48 Å². The van der Waals surface area contributed by atoms with Crippen LogP contribution < -0.4 is 4.90 Å². The zero-order valence-corrected chi connectivity index (χ0v) is 33.3. The Kier molecular flexibility index (Phi) is 8.18. The Balaban J connectivity index is 1.03. The zero-order valence-electron chi connectivity index (χ0n) is 37.3. The quantitative estimate of drug-likeness (QED) is 0.148. The highest BCUT2D eigenvalue weighted by molar-refractivity contribution is 6.04. The maximum absolute atomic E-state index is 9.62. The largest absolute Gasteiger partial charge is 0.311 e. The van der Waals surface area contributed by atoms with E-state index in [0.717, 1.165) is 66.1 Å². The van der Waals surface area contributed by atoms with Gasteiger partial charge >= 0.3 is 0 Å². The Hall–Kier alpha value is -8.00. The van der Waals surface area contributed by atoms with E-state index in [1.54, 1.807) is 0 Å². The van der Waals surface area contributed by atoms with Crippen LogP contribution in [0.4, 0.5) is 17.1 Å². The summed E-state index contributed by atoms with van der Waals surface area (Å²) in [6.07, 6.45) is 0. The Morgan fingerprint density at radius 1 is 0.262 bits per heavy atom.